The number of nitrogens with one attached hydrogen (secondary N) is 1. The highest BCUT2D eigenvalue weighted by molar-refractivity contribution is 5.96. The smallest absolute Gasteiger partial charge is 0.471 e. The van der Waals surface area contributed by atoms with Crippen molar-refractivity contribution in [2.24, 2.45) is 0 Å². The van der Waals surface area contributed by atoms with Crippen molar-refractivity contribution in [3.05, 3.63) is 23.4 Å². The van der Waals surface area contributed by atoms with Gasteiger partial charge in [-0.25, -0.2) is 9.78 Å². The highest BCUT2D eigenvalue weighted by Crippen LogP contribution is 2.18. The largest absolute Gasteiger partial charge is 0.478 e. The lowest BCUT2D eigenvalue weighted by atomic mass is 10.1. The number of amides is 1. The number of rotatable bonds is 2. The second-order valence-electron chi connectivity index (χ2n) is 3.14. The second kappa shape index (κ2) is 4.40. The number of carboxylic acid groups (broad SMARTS) is 1. The molecule has 0 unspecified atom stereocenters. The first kappa shape index (κ1) is 12.9. The van der Waals surface area contributed by atoms with Gasteiger partial charge in [-0.15, -0.1) is 0 Å². The Morgan fingerprint density at radius 1 is 1.41 bits per heavy atom. The summed E-state index contributed by atoms with van der Waals surface area (Å²) in [4.78, 5) is 24.8. The molecule has 2 N–H and O–H groups in total. The van der Waals surface area contributed by atoms with Gasteiger partial charge in [0.1, 0.15) is 5.82 Å². The van der Waals surface area contributed by atoms with E-state index in [4.69, 9.17) is 5.11 Å². The zero-order chi connectivity index (χ0) is 13.2. The molecule has 0 aliphatic rings. The van der Waals surface area contributed by atoms with Crippen LogP contribution in [-0.4, -0.2) is 28.1 Å². The maximum atomic E-state index is 11.9. The number of aryl methyl sites for hydroxylation is 1. The Labute approximate surface area is 93.3 Å². The zero-order valence-corrected chi connectivity index (χ0v) is 8.50. The van der Waals surface area contributed by atoms with E-state index < -0.39 is 23.9 Å². The predicted molar refractivity (Wildman–Crippen MR) is 50.6 cm³/mol. The van der Waals surface area contributed by atoms with Crippen molar-refractivity contribution in [3.8, 4) is 0 Å². The van der Waals surface area contributed by atoms with Gasteiger partial charge in [0.15, 0.2) is 0 Å². The topological polar surface area (TPSA) is 79.3 Å². The first-order chi connectivity index (χ1) is 7.71. The molecule has 1 heterocycles. The molecule has 0 spiro atoms. The summed E-state index contributed by atoms with van der Waals surface area (Å²) in [6.45, 7) is 1.44. The Bertz CT molecular complexity index is 471. The third-order valence-corrected chi connectivity index (χ3v) is 1.83. The number of alkyl halides is 3. The summed E-state index contributed by atoms with van der Waals surface area (Å²) in [6.07, 6.45) is -3.98. The van der Waals surface area contributed by atoms with Crippen molar-refractivity contribution in [2.45, 2.75) is 13.1 Å². The Hall–Kier alpha value is -2.12. The Morgan fingerprint density at radius 3 is 2.47 bits per heavy atom. The summed E-state index contributed by atoms with van der Waals surface area (Å²) in [5, 5.41) is 10.2. The SMILES string of the molecule is Cc1cnc(NC(=O)C(F)(F)F)cc1C(=O)O. The molecule has 8 heteroatoms. The molecule has 0 radical (unpaired) electrons. The van der Waals surface area contributed by atoms with Crippen LogP contribution in [-0.2, 0) is 4.79 Å². The molecule has 92 valence electrons. The van der Waals surface area contributed by atoms with E-state index >= 15 is 0 Å². The molecular weight excluding hydrogens is 241 g/mol. The number of aromatic nitrogens is 1. The first-order valence-electron chi connectivity index (χ1n) is 4.30. The van der Waals surface area contributed by atoms with Crippen LogP contribution in [0.15, 0.2) is 12.3 Å². The van der Waals surface area contributed by atoms with Crippen LogP contribution >= 0.6 is 0 Å². The van der Waals surface area contributed by atoms with Gasteiger partial charge in [-0.1, -0.05) is 0 Å². The van der Waals surface area contributed by atoms with Gasteiger partial charge in [0.25, 0.3) is 0 Å². The third-order valence-electron chi connectivity index (χ3n) is 1.83. The monoisotopic (exact) mass is 248 g/mol. The Balaban J connectivity index is 2.98. The molecule has 0 bridgehead atoms. The summed E-state index contributed by atoms with van der Waals surface area (Å²) >= 11 is 0. The van der Waals surface area contributed by atoms with Gasteiger partial charge < -0.3 is 10.4 Å². The molecule has 1 aromatic rings. The number of carboxylic acids is 1. The van der Waals surface area contributed by atoms with Crippen molar-refractivity contribution in [3.63, 3.8) is 0 Å². The lowest BCUT2D eigenvalue weighted by Gasteiger charge is -2.08. The van der Waals surface area contributed by atoms with Gasteiger partial charge in [-0.05, 0) is 18.6 Å². The fourth-order valence-corrected chi connectivity index (χ4v) is 1.01. The van der Waals surface area contributed by atoms with Gasteiger partial charge in [0.2, 0.25) is 0 Å². The van der Waals surface area contributed by atoms with Crippen molar-refractivity contribution in [2.75, 3.05) is 5.32 Å². The number of nitrogens with zero attached hydrogens (tertiary/aromatic N) is 1. The number of aromatic carboxylic acids is 1. The van der Waals surface area contributed by atoms with E-state index in [1.54, 1.807) is 0 Å². The molecule has 17 heavy (non-hydrogen) atoms. The van der Waals surface area contributed by atoms with Gasteiger partial charge in [0, 0.05) is 6.20 Å². The van der Waals surface area contributed by atoms with Crippen LogP contribution in [0.3, 0.4) is 0 Å². The highest BCUT2D eigenvalue weighted by atomic mass is 19.4. The molecule has 0 aliphatic heterocycles. The van der Waals surface area contributed by atoms with E-state index in [1.165, 1.54) is 12.2 Å². The summed E-state index contributed by atoms with van der Waals surface area (Å²) in [6, 6.07) is 0.862. The van der Waals surface area contributed by atoms with E-state index in [2.05, 4.69) is 4.98 Å². The Morgan fingerprint density at radius 2 is 2.00 bits per heavy atom. The van der Waals surface area contributed by atoms with Gasteiger partial charge in [-0.2, -0.15) is 13.2 Å². The number of carbonyl (C=O) groups is 2. The van der Waals surface area contributed by atoms with Crippen molar-refractivity contribution < 1.29 is 27.9 Å². The first-order valence-corrected chi connectivity index (χ1v) is 4.30. The molecule has 0 saturated carbocycles. The second-order valence-corrected chi connectivity index (χ2v) is 3.14. The van der Waals surface area contributed by atoms with Crippen molar-refractivity contribution in [1.29, 1.82) is 0 Å². The molecule has 0 aliphatic carbocycles. The lowest BCUT2D eigenvalue weighted by molar-refractivity contribution is -0.167. The minimum Gasteiger partial charge on any atom is -0.478 e. The van der Waals surface area contributed by atoms with Crippen LogP contribution < -0.4 is 5.32 Å². The molecule has 0 fully saturated rings. The van der Waals surface area contributed by atoms with Crippen LogP contribution in [0.1, 0.15) is 15.9 Å². The number of anilines is 1. The Kier molecular flexibility index (Phi) is 3.35. The van der Waals surface area contributed by atoms with Crippen molar-refractivity contribution in [1.82, 2.24) is 4.98 Å². The number of hydrogen-bond donors (Lipinski definition) is 2. The van der Waals surface area contributed by atoms with Crippen LogP contribution in [0.25, 0.3) is 0 Å². The molecule has 0 aromatic carbocycles. The minimum atomic E-state index is -5.05. The standard InChI is InChI=1S/C9H7F3N2O3/c1-4-3-13-6(2-5(4)7(15)16)14-8(17)9(10,11)12/h2-3H,1H3,(H,15,16)(H,13,14,17). The molecular formula is C9H7F3N2O3. The van der Waals surface area contributed by atoms with Crippen LogP contribution in [0.2, 0.25) is 0 Å². The molecule has 0 saturated heterocycles. The number of hydrogen-bond acceptors (Lipinski definition) is 3. The fourth-order valence-electron chi connectivity index (χ4n) is 1.01. The average Bonchev–Trinajstić information content (AvgIpc) is 2.19. The summed E-state index contributed by atoms with van der Waals surface area (Å²) in [5.41, 5.74) is 0.0555. The zero-order valence-electron chi connectivity index (χ0n) is 8.50. The minimum absolute atomic E-state index is 0.225. The fraction of sp³-hybridized carbons (Fsp3) is 0.222. The third kappa shape index (κ3) is 3.16. The predicted octanol–water partition coefficient (Wildman–Crippen LogP) is 1.59. The van der Waals surface area contributed by atoms with E-state index in [0.29, 0.717) is 0 Å². The van der Waals surface area contributed by atoms with Crippen molar-refractivity contribution >= 4 is 17.7 Å². The number of halogens is 3. The van der Waals surface area contributed by atoms with Crippen LogP contribution in [0, 0.1) is 6.92 Å². The maximum absolute atomic E-state index is 11.9. The van der Waals surface area contributed by atoms with Gasteiger partial charge in [0.05, 0.1) is 5.56 Å². The van der Waals surface area contributed by atoms with E-state index in [-0.39, 0.29) is 11.1 Å². The number of carbonyl (C=O) groups excluding carboxylic acids is 1. The van der Waals surface area contributed by atoms with Gasteiger partial charge in [-0.3, -0.25) is 4.79 Å². The lowest BCUT2D eigenvalue weighted by Crippen LogP contribution is -2.30. The molecule has 1 rings (SSSR count). The average molecular weight is 248 g/mol. The highest BCUT2D eigenvalue weighted by Gasteiger charge is 2.39. The normalized spacial score (nSPS) is 11.1. The molecule has 5 nitrogen and oxygen atoms in total. The quantitative estimate of drug-likeness (QED) is 0.832. The number of pyridine rings is 1. The van der Waals surface area contributed by atoms with Crippen LogP contribution in [0.5, 0.6) is 0 Å². The molecule has 1 amide bonds. The van der Waals surface area contributed by atoms with Gasteiger partial charge >= 0.3 is 18.1 Å². The summed E-state index contributed by atoms with van der Waals surface area (Å²) < 4.78 is 35.8. The molecule has 0 atom stereocenters. The summed E-state index contributed by atoms with van der Waals surface area (Å²) in [7, 11) is 0. The van der Waals surface area contributed by atoms with E-state index in [1.807, 2.05) is 0 Å². The molecule has 1 aromatic heterocycles. The van der Waals surface area contributed by atoms with E-state index in [0.717, 1.165) is 12.3 Å². The van der Waals surface area contributed by atoms with Crippen LogP contribution in [0.4, 0.5) is 19.0 Å². The summed E-state index contributed by atoms with van der Waals surface area (Å²) in [5.74, 6) is -3.98. The maximum Gasteiger partial charge on any atom is 0.471 e. The van der Waals surface area contributed by atoms with E-state index in [9.17, 15) is 22.8 Å².